The Kier molecular flexibility index (Phi) is 3.53. The second kappa shape index (κ2) is 4.29. The van der Waals surface area contributed by atoms with Crippen LogP contribution in [-0.2, 0) is 19.4 Å². The molecule has 0 unspecified atom stereocenters. The van der Waals surface area contributed by atoms with Crippen LogP contribution in [0.3, 0.4) is 0 Å². The average Bonchev–Trinajstić information content (AvgIpc) is 2.08. The van der Waals surface area contributed by atoms with E-state index in [0.29, 0.717) is 12.8 Å². The molecule has 0 bridgehead atoms. The van der Waals surface area contributed by atoms with Crippen molar-refractivity contribution in [2.24, 2.45) is 5.92 Å². The van der Waals surface area contributed by atoms with Crippen molar-refractivity contribution in [2.45, 2.75) is 32.8 Å². The van der Waals surface area contributed by atoms with Crippen LogP contribution in [-0.4, -0.2) is 32.0 Å². The van der Waals surface area contributed by atoms with Crippen LogP contribution < -0.4 is 0 Å². The van der Waals surface area contributed by atoms with Gasteiger partial charge in [-0.3, -0.25) is 4.79 Å². The van der Waals surface area contributed by atoms with Crippen LogP contribution in [0, 0.1) is 5.92 Å². The molecule has 0 aromatic heterocycles. The standard InChI is InChI=1S/C9H16O4S/c1-7(2)9(10)13-8-3-5-14(11,12)6-4-8/h7-8H,3-6H2,1-2H3. The molecule has 0 N–H and O–H groups in total. The van der Waals surface area contributed by atoms with E-state index in [9.17, 15) is 13.2 Å². The van der Waals surface area contributed by atoms with E-state index in [2.05, 4.69) is 0 Å². The first-order chi connectivity index (χ1) is 6.41. The van der Waals surface area contributed by atoms with Crippen LogP contribution in [0.15, 0.2) is 0 Å². The largest absolute Gasteiger partial charge is 0.462 e. The number of hydrogen-bond acceptors (Lipinski definition) is 4. The highest BCUT2D eigenvalue weighted by Gasteiger charge is 2.26. The molecule has 0 atom stereocenters. The molecule has 1 aliphatic heterocycles. The molecule has 0 aliphatic carbocycles. The highest BCUT2D eigenvalue weighted by Crippen LogP contribution is 2.16. The van der Waals surface area contributed by atoms with Crippen LogP contribution in [0.2, 0.25) is 0 Å². The molecule has 4 nitrogen and oxygen atoms in total. The summed E-state index contributed by atoms with van der Waals surface area (Å²) < 4.78 is 27.3. The van der Waals surface area contributed by atoms with E-state index in [1.54, 1.807) is 13.8 Å². The van der Waals surface area contributed by atoms with Crippen LogP contribution in [0.4, 0.5) is 0 Å². The van der Waals surface area contributed by atoms with Crippen LogP contribution in [0.1, 0.15) is 26.7 Å². The zero-order valence-electron chi connectivity index (χ0n) is 8.52. The molecule has 0 aromatic rings. The summed E-state index contributed by atoms with van der Waals surface area (Å²) >= 11 is 0. The highest BCUT2D eigenvalue weighted by molar-refractivity contribution is 7.91. The van der Waals surface area contributed by atoms with E-state index in [-0.39, 0.29) is 29.5 Å². The summed E-state index contributed by atoms with van der Waals surface area (Å²) in [6, 6.07) is 0. The molecule has 82 valence electrons. The van der Waals surface area contributed by atoms with Crippen LogP contribution in [0.5, 0.6) is 0 Å². The van der Waals surface area contributed by atoms with Crippen molar-refractivity contribution in [3.05, 3.63) is 0 Å². The van der Waals surface area contributed by atoms with Gasteiger partial charge in [-0.15, -0.1) is 0 Å². The number of carbonyl (C=O) groups excluding carboxylic acids is 1. The zero-order valence-corrected chi connectivity index (χ0v) is 9.34. The van der Waals surface area contributed by atoms with Gasteiger partial charge >= 0.3 is 5.97 Å². The van der Waals surface area contributed by atoms with Crippen molar-refractivity contribution in [1.82, 2.24) is 0 Å². The van der Waals surface area contributed by atoms with E-state index in [4.69, 9.17) is 4.74 Å². The smallest absolute Gasteiger partial charge is 0.308 e. The molecule has 0 amide bonds. The third-order valence-electron chi connectivity index (χ3n) is 2.26. The Bertz CT molecular complexity index is 291. The Morgan fingerprint density at radius 2 is 1.79 bits per heavy atom. The van der Waals surface area contributed by atoms with Gasteiger partial charge in [0, 0.05) is 0 Å². The van der Waals surface area contributed by atoms with Gasteiger partial charge in [0.1, 0.15) is 6.10 Å². The fourth-order valence-corrected chi connectivity index (χ4v) is 2.73. The molecular formula is C9H16O4S. The lowest BCUT2D eigenvalue weighted by atomic mass is 10.2. The molecule has 1 fully saturated rings. The van der Waals surface area contributed by atoms with Gasteiger partial charge in [-0.25, -0.2) is 8.42 Å². The van der Waals surface area contributed by atoms with Gasteiger partial charge in [0.15, 0.2) is 9.84 Å². The number of sulfone groups is 1. The molecule has 0 saturated carbocycles. The normalized spacial score (nSPS) is 22.2. The summed E-state index contributed by atoms with van der Waals surface area (Å²) in [6.45, 7) is 3.53. The fourth-order valence-electron chi connectivity index (χ4n) is 1.29. The lowest BCUT2D eigenvalue weighted by molar-refractivity contribution is -0.153. The van der Waals surface area contributed by atoms with Gasteiger partial charge in [0.25, 0.3) is 0 Å². The predicted octanol–water partition coefficient (Wildman–Crippen LogP) is 0.763. The molecule has 5 heteroatoms. The van der Waals surface area contributed by atoms with Gasteiger partial charge in [0.05, 0.1) is 17.4 Å². The van der Waals surface area contributed by atoms with E-state index in [1.807, 2.05) is 0 Å². The summed E-state index contributed by atoms with van der Waals surface area (Å²) in [6.07, 6.45) is 0.690. The zero-order chi connectivity index (χ0) is 10.8. The molecule has 1 heterocycles. The molecule has 0 spiro atoms. The maximum absolute atomic E-state index is 11.2. The van der Waals surface area contributed by atoms with E-state index >= 15 is 0 Å². The van der Waals surface area contributed by atoms with Crippen molar-refractivity contribution in [3.8, 4) is 0 Å². The SMILES string of the molecule is CC(C)C(=O)OC1CCS(=O)(=O)CC1. The maximum atomic E-state index is 11.2. The van der Waals surface area contributed by atoms with Crippen molar-refractivity contribution in [3.63, 3.8) is 0 Å². The summed E-state index contributed by atoms with van der Waals surface area (Å²) in [7, 11) is -2.86. The Labute approximate surface area is 84.6 Å². The summed E-state index contributed by atoms with van der Waals surface area (Å²) in [5, 5.41) is 0. The minimum absolute atomic E-state index is 0.142. The maximum Gasteiger partial charge on any atom is 0.308 e. The molecule has 14 heavy (non-hydrogen) atoms. The van der Waals surface area contributed by atoms with Gasteiger partial charge in [-0.1, -0.05) is 13.8 Å². The average molecular weight is 220 g/mol. The summed E-state index contributed by atoms with van der Waals surface area (Å²) in [5.74, 6) is -0.102. The fraction of sp³-hybridized carbons (Fsp3) is 0.889. The van der Waals surface area contributed by atoms with E-state index < -0.39 is 9.84 Å². The van der Waals surface area contributed by atoms with Crippen LogP contribution in [0.25, 0.3) is 0 Å². The van der Waals surface area contributed by atoms with Gasteiger partial charge < -0.3 is 4.74 Å². The molecule has 0 radical (unpaired) electrons. The predicted molar refractivity (Wildman–Crippen MR) is 52.6 cm³/mol. The first kappa shape index (κ1) is 11.5. The summed E-state index contributed by atoms with van der Waals surface area (Å²) in [5.41, 5.74) is 0. The third kappa shape index (κ3) is 3.29. The van der Waals surface area contributed by atoms with E-state index in [0.717, 1.165) is 0 Å². The molecule has 1 aliphatic rings. The lowest BCUT2D eigenvalue weighted by Crippen LogP contribution is -2.31. The first-order valence-corrected chi connectivity index (χ1v) is 6.64. The molecule has 1 rings (SSSR count). The van der Waals surface area contributed by atoms with Gasteiger partial charge in [-0.05, 0) is 12.8 Å². The number of ether oxygens (including phenoxy) is 1. The Morgan fingerprint density at radius 3 is 2.21 bits per heavy atom. The molecule has 0 aromatic carbocycles. The Morgan fingerprint density at radius 1 is 1.29 bits per heavy atom. The van der Waals surface area contributed by atoms with Crippen molar-refractivity contribution < 1.29 is 17.9 Å². The number of rotatable bonds is 2. The monoisotopic (exact) mass is 220 g/mol. The topological polar surface area (TPSA) is 60.4 Å². The quantitative estimate of drug-likeness (QED) is 0.645. The summed E-state index contributed by atoms with van der Waals surface area (Å²) in [4.78, 5) is 11.2. The molecule has 1 saturated heterocycles. The van der Waals surface area contributed by atoms with Crippen molar-refractivity contribution in [2.75, 3.05) is 11.5 Å². The van der Waals surface area contributed by atoms with Crippen molar-refractivity contribution >= 4 is 15.8 Å². The van der Waals surface area contributed by atoms with E-state index in [1.165, 1.54) is 0 Å². The van der Waals surface area contributed by atoms with Crippen molar-refractivity contribution in [1.29, 1.82) is 0 Å². The molecular weight excluding hydrogens is 204 g/mol. The Balaban J connectivity index is 2.40. The first-order valence-electron chi connectivity index (χ1n) is 4.81. The lowest BCUT2D eigenvalue weighted by Gasteiger charge is -2.22. The number of carbonyl (C=O) groups is 1. The van der Waals surface area contributed by atoms with Gasteiger partial charge in [0.2, 0.25) is 0 Å². The third-order valence-corrected chi connectivity index (χ3v) is 3.97. The minimum atomic E-state index is -2.86. The Hall–Kier alpha value is -0.580. The minimum Gasteiger partial charge on any atom is -0.462 e. The van der Waals surface area contributed by atoms with Gasteiger partial charge in [-0.2, -0.15) is 0 Å². The van der Waals surface area contributed by atoms with Crippen LogP contribution >= 0.6 is 0 Å². The second-order valence-electron chi connectivity index (χ2n) is 3.94. The highest BCUT2D eigenvalue weighted by atomic mass is 32.2. The second-order valence-corrected chi connectivity index (χ2v) is 6.25. The number of hydrogen-bond donors (Lipinski definition) is 0. The number of esters is 1.